The lowest BCUT2D eigenvalue weighted by Gasteiger charge is -2.31. The number of phenols is 1. The maximum atomic E-state index is 10.5. The van der Waals surface area contributed by atoms with E-state index < -0.39 is 0 Å². The number of benzene rings is 2. The largest absolute Gasteiger partial charge is 0.508 e. The Kier molecular flexibility index (Phi) is 6.39. The molecule has 0 spiro atoms. The number of hydrogen-bond acceptors (Lipinski definition) is 3. The molecule has 1 N–H and O–H groups in total. The summed E-state index contributed by atoms with van der Waals surface area (Å²) < 4.78 is 5.37. The summed E-state index contributed by atoms with van der Waals surface area (Å²) in [6.45, 7) is 4.41. The van der Waals surface area contributed by atoms with E-state index in [4.69, 9.17) is 4.74 Å². The van der Waals surface area contributed by atoms with Crippen LogP contribution in [0.5, 0.6) is 11.5 Å². The predicted molar refractivity (Wildman–Crippen MR) is 105 cm³/mol. The molecule has 0 radical (unpaired) electrons. The van der Waals surface area contributed by atoms with E-state index in [0.29, 0.717) is 14.3 Å². The van der Waals surface area contributed by atoms with Crippen molar-refractivity contribution in [3.63, 3.8) is 0 Å². The lowest BCUT2D eigenvalue weighted by Crippen LogP contribution is -2.21. The van der Waals surface area contributed by atoms with Crippen LogP contribution in [0.1, 0.15) is 37.8 Å². The van der Waals surface area contributed by atoms with Gasteiger partial charge in [0.25, 0.3) is 0 Å². The zero-order chi connectivity index (χ0) is 17.6. The highest BCUT2D eigenvalue weighted by molar-refractivity contribution is 7.48. The van der Waals surface area contributed by atoms with Crippen molar-refractivity contribution in [1.29, 1.82) is 0 Å². The fraction of sp³-hybridized carbons (Fsp3) is 0.350. The molecule has 2 aromatic carbocycles. The number of aromatic hydroxyl groups is 1. The summed E-state index contributed by atoms with van der Waals surface area (Å²) in [6.07, 6.45) is 3.94. The molecule has 0 bridgehead atoms. The Bertz CT molecular complexity index is 715. The first kappa shape index (κ1) is 18.5. The Balaban J connectivity index is 2.49. The number of rotatable bonds is 7. The van der Waals surface area contributed by atoms with E-state index in [1.54, 1.807) is 26.3 Å². The smallest absolute Gasteiger partial charge is 0.119 e. The number of hydrogen-bond donors (Lipinski definition) is 1. The first-order valence-corrected chi connectivity index (χ1v) is 9.21. The Morgan fingerprint density at radius 1 is 1.25 bits per heavy atom. The zero-order valence-electron chi connectivity index (χ0n) is 14.8. The van der Waals surface area contributed by atoms with Crippen LogP contribution in [0.4, 0.5) is 0 Å². The second kappa shape index (κ2) is 8.30. The van der Waals surface area contributed by atoms with E-state index in [9.17, 15) is 5.11 Å². The summed E-state index contributed by atoms with van der Waals surface area (Å²) in [7, 11) is 3.97. The fourth-order valence-corrected chi connectivity index (χ4v) is 4.78. The van der Waals surface area contributed by atoms with Crippen molar-refractivity contribution in [2.75, 3.05) is 14.2 Å². The summed E-state index contributed by atoms with van der Waals surface area (Å²) in [6, 6.07) is 13.8. The first-order valence-electron chi connectivity index (χ1n) is 8.21. The second-order valence-corrected chi connectivity index (χ2v) is 7.96. The maximum absolute atomic E-state index is 10.5. The number of nitrogens with zero attached hydrogens (tertiary/aromatic N) is 1. The average Bonchev–Trinajstić information content (AvgIpc) is 2.57. The second-order valence-electron chi connectivity index (χ2n) is 6.06. The van der Waals surface area contributed by atoms with Crippen LogP contribution >= 0.6 is 8.58 Å². The first-order chi connectivity index (χ1) is 11.5. The molecule has 2 aromatic rings. The number of phenolic OH excluding ortho intramolecular Hbond substituents is 1. The molecule has 0 aliphatic heterocycles. The van der Waals surface area contributed by atoms with Crippen molar-refractivity contribution < 1.29 is 9.84 Å². The highest BCUT2D eigenvalue weighted by Crippen LogP contribution is 2.48. The van der Waals surface area contributed by atoms with Crippen LogP contribution in [0.15, 0.2) is 47.5 Å². The normalized spacial score (nSPS) is 14.3. The van der Waals surface area contributed by atoms with Crippen LogP contribution < -0.4 is 10.0 Å². The third-order valence-corrected chi connectivity index (χ3v) is 5.98. The molecule has 0 aliphatic carbocycles. The molecule has 2 unspecified atom stereocenters. The van der Waals surface area contributed by atoms with Gasteiger partial charge in [0.2, 0.25) is 0 Å². The van der Waals surface area contributed by atoms with Gasteiger partial charge in [-0.15, -0.1) is 0 Å². The molecule has 0 aliphatic rings. The van der Waals surface area contributed by atoms with Gasteiger partial charge in [0.1, 0.15) is 11.5 Å². The van der Waals surface area contributed by atoms with Gasteiger partial charge >= 0.3 is 0 Å². The molecule has 0 saturated carbocycles. The average molecular weight is 343 g/mol. The molecule has 0 amide bonds. The number of aliphatic imine (C=N–C) groups is 1. The Morgan fingerprint density at radius 2 is 2.00 bits per heavy atom. The van der Waals surface area contributed by atoms with Gasteiger partial charge in [0, 0.05) is 24.0 Å². The SMILES string of the molecule is CCCC(C)(Pc1ccccc1C=NC)c1cc(OC)ccc1O. The zero-order valence-corrected chi connectivity index (χ0v) is 15.8. The highest BCUT2D eigenvalue weighted by atomic mass is 31.1. The molecule has 0 aromatic heterocycles. The molecule has 24 heavy (non-hydrogen) atoms. The fourth-order valence-electron chi connectivity index (χ4n) is 3.01. The van der Waals surface area contributed by atoms with E-state index in [1.807, 2.05) is 18.3 Å². The van der Waals surface area contributed by atoms with Gasteiger partial charge in [0.15, 0.2) is 0 Å². The summed E-state index contributed by atoms with van der Waals surface area (Å²) in [5.41, 5.74) is 2.09. The van der Waals surface area contributed by atoms with Gasteiger partial charge in [-0.1, -0.05) is 53.1 Å². The van der Waals surface area contributed by atoms with Crippen molar-refractivity contribution in [1.82, 2.24) is 0 Å². The van der Waals surface area contributed by atoms with E-state index in [2.05, 4.69) is 37.0 Å². The highest BCUT2D eigenvalue weighted by Gasteiger charge is 2.30. The minimum Gasteiger partial charge on any atom is -0.508 e. The Hall–Kier alpha value is -1.86. The van der Waals surface area contributed by atoms with Crippen LogP contribution in [0.3, 0.4) is 0 Å². The van der Waals surface area contributed by atoms with Gasteiger partial charge in [-0.3, -0.25) is 4.99 Å². The predicted octanol–water partition coefficient (Wildman–Crippen LogP) is 4.47. The van der Waals surface area contributed by atoms with Crippen LogP contribution in [0.2, 0.25) is 0 Å². The van der Waals surface area contributed by atoms with Crippen molar-refractivity contribution in [3.05, 3.63) is 53.6 Å². The third kappa shape index (κ3) is 4.15. The lowest BCUT2D eigenvalue weighted by atomic mass is 9.94. The molecule has 3 nitrogen and oxygen atoms in total. The van der Waals surface area contributed by atoms with Crippen molar-refractivity contribution in [3.8, 4) is 11.5 Å². The van der Waals surface area contributed by atoms with E-state index in [0.717, 1.165) is 29.7 Å². The summed E-state index contributed by atoms with van der Waals surface area (Å²) in [5, 5.41) is 11.6. The van der Waals surface area contributed by atoms with Gasteiger partial charge in [-0.05, 0) is 35.5 Å². The standard InChI is InChI=1S/C20H26NO2P/c1-5-12-20(2,17-13-16(23-4)10-11-18(17)22)24-19-9-7-6-8-15(19)14-21-3/h6-11,13-14,22,24H,5,12H2,1-4H3. The van der Waals surface area contributed by atoms with Gasteiger partial charge in [-0.2, -0.15) is 0 Å². The van der Waals surface area contributed by atoms with Crippen molar-refractivity contribution in [2.24, 2.45) is 4.99 Å². The van der Waals surface area contributed by atoms with Crippen LogP contribution in [0, 0.1) is 0 Å². The monoisotopic (exact) mass is 343 g/mol. The molecule has 2 rings (SSSR count). The number of ether oxygens (including phenoxy) is 1. The third-order valence-electron chi connectivity index (χ3n) is 4.19. The topological polar surface area (TPSA) is 41.8 Å². The molecule has 128 valence electrons. The van der Waals surface area contributed by atoms with Gasteiger partial charge in [-0.25, -0.2) is 0 Å². The molecule has 0 fully saturated rings. The lowest BCUT2D eigenvalue weighted by molar-refractivity contribution is 0.407. The van der Waals surface area contributed by atoms with Crippen LogP contribution in [-0.2, 0) is 5.16 Å². The summed E-state index contributed by atoms with van der Waals surface area (Å²) in [5.74, 6) is 1.11. The van der Waals surface area contributed by atoms with Gasteiger partial charge < -0.3 is 9.84 Å². The summed E-state index contributed by atoms with van der Waals surface area (Å²) >= 11 is 0. The molecule has 0 heterocycles. The van der Waals surface area contributed by atoms with E-state index in [-0.39, 0.29) is 5.16 Å². The Morgan fingerprint density at radius 3 is 2.67 bits per heavy atom. The molecular weight excluding hydrogens is 317 g/mol. The molecule has 0 saturated heterocycles. The Labute approximate surface area is 146 Å². The minimum absolute atomic E-state index is 0.148. The van der Waals surface area contributed by atoms with Gasteiger partial charge in [0.05, 0.1) is 7.11 Å². The van der Waals surface area contributed by atoms with Crippen LogP contribution in [0.25, 0.3) is 0 Å². The van der Waals surface area contributed by atoms with E-state index in [1.165, 1.54) is 5.30 Å². The van der Waals surface area contributed by atoms with Crippen LogP contribution in [-0.4, -0.2) is 25.5 Å². The van der Waals surface area contributed by atoms with Crippen molar-refractivity contribution >= 4 is 20.1 Å². The summed E-state index contributed by atoms with van der Waals surface area (Å²) in [4.78, 5) is 4.17. The van der Waals surface area contributed by atoms with E-state index >= 15 is 0 Å². The molecule has 2 atom stereocenters. The molecular formula is C20H26NO2P. The maximum Gasteiger partial charge on any atom is 0.119 e. The number of methoxy groups -OCH3 is 1. The molecule has 4 heteroatoms. The quantitative estimate of drug-likeness (QED) is 0.595. The minimum atomic E-state index is -0.148. The van der Waals surface area contributed by atoms with Crippen molar-refractivity contribution in [2.45, 2.75) is 31.8 Å².